The van der Waals surface area contributed by atoms with E-state index in [-0.39, 0.29) is 0 Å². The third-order valence-corrected chi connectivity index (χ3v) is 2.94. The highest BCUT2D eigenvalue weighted by Gasteiger charge is 2.02. The molecule has 1 unspecified atom stereocenters. The topological polar surface area (TPSA) is 46.5 Å². The second-order valence-corrected chi connectivity index (χ2v) is 4.40. The van der Waals surface area contributed by atoms with Crippen molar-refractivity contribution in [1.82, 2.24) is 0 Å². The zero-order valence-corrected chi connectivity index (χ0v) is 10.9. The molecule has 92 valence electrons. The summed E-state index contributed by atoms with van der Waals surface area (Å²) in [5.74, 6) is 0. The molecule has 0 aromatic heterocycles. The smallest absolute Gasteiger partial charge is 0.189 e. The lowest BCUT2D eigenvalue weighted by Gasteiger charge is -2.02. The van der Waals surface area contributed by atoms with Gasteiger partial charge in [0.1, 0.15) is 0 Å². The molecule has 0 saturated carbocycles. The first-order chi connectivity index (χ1) is 7.74. The summed E-state index contributed by atoms with van der Waals surface area (Å²) < 4.78 is 16.7. The summed E-state index contributed by atoms with van der Waals surface area (Å²) in [6, 6.07) is 7.57. The summed E-state index contributed by atoms with van der Waals surface area (Å²) in [7, 11) is 1.00. The van der Waals surface area contributed by atoms with Crippen LogP contribution in [-0.2, 0) is 15.3 Å². The van der Waals surface area contributed by atoms with Gasteiger partial charge in [0.15, 0.2) is 11.1 Å². The van der Waals surface area contributed by atoms with Gasteiger partial charge in [-0.1, -0.05) is 31.0 Å². The molecule has 0 spiro atoms. The summed E-state index contributed by atoms with van der Waals surface area (Å²) in [5, 5.41) is 7.00. The summed E-state index contributed by atoms with van der Waals surface area (Å²) >= 11 is -1.29. The first-order valence-electron chi connectivity index (χ1n) is 5.30. The van der Waals surface area contributed by atoms with Gasteiger partial charge in [-0.25, -0.2) is 4.21 Å². The standard InChI is InChI=1S/C11H16O2S.CH4O/c1-3-4-9-13-14(12)11-7-5-10(2)6-8-11;1-2/h5-8H,3-4,9H2,1-2H3;2H,1H3. The highest BCUT2D eigenvalue weighted by Crippen LogP contribution is 2.09. The van der Waals surface area contributed by atoms with Crippen LogP contribution in [-0.4, -0.2) is 23.0 Å². The maximum atomic E-state index is 11.5. The second-order valence-electron chi connectivity index (χ2n) is 3.22. The molecule has 0 radical (unpaired) electrons. The van der Waals surface area contributed by atoms with E-state index in [1.165, 1.54) is 5.56 Å². The molecule has 0 aliphatic heterocycles. The molecule has 1 rings (SSSR count). The summed E-state index contributed by atoms with van der Waals surface area (Å²) in [5.41, 5.74) is 1.17. The molecule has 1 atom stereocenters. The van der Waals surface area contributed by atoms with Gasteiger partial charge in [0.2, 0.25) is 0 Å². The number of rotatable bonds is 5. The molecule has 1 aromatic rings. The van der Waals surface area contributed by atoms with Crippen LogP contribution in [0.1, 0.15) is 25.3 Å². The van der Waals surface area contributed by atoms with Gasteiger partial charge < -0.3 is 5.11 Å². The summed E-state index contributed by atoms with van der Waals surface area (Å²) in [6.07, 6.45) is 2.02. The van der Waals surface area contributed by atoms with E-state index >= 15 is 0 Å². The van der Waals surface area contributed by atoms with Gasteiger partial charge in [-0.05, 0) is 25.5 Å². The van der Waals surface area contributed by atoms with Gasteiger partial charge in [0, 0.05) is 7.11 Å². The van der Waals surface area contributed by atoms with Crippen molar-refractivity contribution >= 4 is 11.1 Å². The number of benzene rings is 1. The number of hydrogen-bond acceptors (Lipinski definition) is 3. The van der Waals surface area contributed by atoms with Gasteiger partial charge in [-0.15, -0.1) is 0 Å². The number of unbranched alkanes of at least 4 members (excludes halogenated alkanes) is 1. The van der Waals surface area contributed by atoms with Crippen LogP contribution >= 0.6 is 0 Å². The molecular weight excluding hydrogens is 224 g/mol. The van der Waals surface area contributed by atoms with Crippen LogP contribution in [0.3, 0.4) is 0 Å². The Morgan fingerprint density at radius 3 is 2.31 bits per heavy atom. The van der Waals surface area contributed by atoms with E-state index in [1.54, 1.807) is 0 Å². The Bertz CT molecular complexity index is 296. The Kier molecular flexibility index (Phi) is 9.09. The third kappa shape index (κ3) is 6.00. The fraction of sp³-hybridized carbons (Fsp3) is 0.500. The van der Waals surface area contributed by atoms with Crippen LogP contribution in [0, 0.1) is 6.92 Å². The van der Waals surface area contributed by atoms with Crippen LogP contribution in [0.5, 0.6) is 0 Å². The molecule has 0 saturated heterocycles. The molecule has 0 heterocycles. The Hall–Kier alpha value is -0.710. The fourth-order valence-corrected chi connectivity index (χ4v) is 1.76. The largest absolute Gasteiger partial charge is 0.400 e. The molecule has 1 aromatic carbocycles. The van der Waals surface area contributed by atoms with E-state index in [9.17, 15) is 4.21 Å². The zero-order chi connectivity index (χ0) is 12.4. The van der Waals surface area contributed by atoms with Crippen molar-refractivity contribution in [3.63, 3.8) is 0 Å². The van der Waals surface area contributed by atoms with Gasteiger partial charge in [-0.3, -0.25) is 4.18 Å². The SMILES string of the molecule is CCCCOS(=O)c1ccc(C)cc1.CO. The van der Waals surface area contributed by atoms with E-state index < -0.39 is 11.1 Å². The maximum absolute atomic E-state index is 11.5. The minimum absolute atomic E-state index is 0.566. The van der Waals surface area contributed by atoms with E-state index in [1.807, 2.05) is 31.2 Å². The minimum Gasteiger partial charge on any atom is -0.400 e. The molecule has 0 amide bonds. The average molecular weight is 244 g/mol. The quantitative estimate of drug-likeness (QED) is 0.809. The molecule has 0 aliphatic rings. The lowest BCUT2D eigenvalue weighted by Crippen LogP contribution is -1.99. The van der Waals surface area contributed by atoms with Crippen LogP contribution < -0.4 is 0 Å². The highest BCUT2D eigenvalue weighted by molar-refractivity contribution is 7.80. The first kappa shape index (κ1) is 15.3. The van der Waals surface area contributed by atoms with Crippen LogP contribution in [0.2, 0.25) is 0 Å². The van der Waals surface area contributed by atoms with E-state index in [2.05, 4.69) is 6.92 Å². The molecule has 0 fully saturated rings. The normalized spacial score (nSPS) is 11.5. The predicted octanol–water partition coefficient (Wildman–Crippen LogP) is 2.44. The zero-order valence-electron chi connectivity index (χ0n) is 10.1. The third-order valence-electron chi connectivity index (χ3n) is 1.90. The Morgan fingerprint density at radius 2 is 1.81 bits per heavy atom. The molecular formula is C12H20O3S. The molecule has 0 bridgehead atoms. The molecule has 1 N–H and O–H groups in total. The van der Waals surface area contributed by atoms with Crippen molar-refractivity contribution in [3.05, 3.63) is 29.8 Å². The van der Waals surface area contributed by atoms with E-state index in [4.69, 9.17) is 9.29 Å². The van der Waals surface area contributed by atoms with Crippen molar-refractivity contribution in [3.8, 4) is 0 Å². The fourth-order valence-electron chi connectivity index (χ4n) is 0.996. The molecule has 16 heavy (non-hydrogen) atoms. The van der Waals surface area contributed by atoms with Crippen molar-refractivity contribution in [2.45, 2.75) is 31.6 Å². The van der Waals surface area contributed by atoms with Crippen LogP contribution in [0.4, 0.5) is 0 Å². The highest BCUT2D eigenvalue weighted by atomic mass is 32.2. The van der Waals surface area contributed by atoms with Gasteiger partial charge in [0.05, 0.1) is 11.5 Å². The molecule has 4 heteroatoms. The van der Waals surface area contributed by atoms with E-state index in [0.717, 1.165) is 24.8 Å². The van der Waals surface area contributed by atoms with Crippen molar-refractivity contribution < 1.29 is 13.5 Å². The number of aliphatic hydroxyl groups is 1. The van der Waals surface area contributed by atoms with Crippen LogP contribution in [0.15, 0.2) is 29.2 Å². The first-order valence-corrected chi connectivity index (χ1v) is 6.38. The minimum atomic E-state index is -1.29. The lowest BCUT2D eigenvalue weighted by molar-refractivity contribution is 0.338. The lowest BCUT2D eigenvalue weighted by atomic mass is 10.2. The monoisotopic (exact) mass is 244 g/mol. The van der Waals surface area contributed by atoms with Crippen LogP contribution in [0.25, 0.3) is 0 Å². The van der Waals surface area contributed by atoms with Gasteiger partial charge in [-0.2, -0.15) is 0 Å². The van der Waals surface area contributed by atoms with Gasteiger partial charge >= 0.3 is 0 Å². The predicted molar refractivity (Wildman–Crippen MR) is 66.6 cm³/mol. The maximum Gasteiger partial charge on any atom is 0.189 e. The number of aryl methyl sites for hydroxylation is 1. The number of hydrogen-bond donors (Lipinski definition) is 1. The Balaban J connectivity index is 0.00000106. The molecule has 3 nitrogen and oxygen atoms in total. The average Bonchev–Trinajstić information content (AvgIpc) is 2.33. The Labute approximate surface area is 100 Å². The summed E-state index contributed by atoms with van der Waals surface area (Å²) in [6.45, 7) is 4.65. The number of aliphatic hydroxyl groups excluding tert-OH is 1. The van der Waals surface area contributed by atoms with Crippen molar-refractivity contribution in [2.24, 2.45) is 0 Å². The Morgan fingerprint density at radius 1 is 1.25 bits per heavy atom. The van der Waals surface area contributed by atoms with E-state index in [0.29, 0.717) is 6.61 Å². The van der Waals surface area contributed by atoms with Crippen molar-refractivity contribution in [1.29, 1.82) is 0 Å². The van der Waals surface area contributed by atoms with Crippen molar-refractivity contribution in [2.75, 3.05) is 13.7 Å². The van der Waals surface area contributed by atoms with Gasteiger partial charge in [0.25, 0.3) is 0 Å². The molecule has 0 aliphatic carbocycles. The second kappa shape index (κ2) is 9.51. The summed E-state index contributed by atoms with van der Waals surface area (Å²) in [4.78, 5) is 0.742.